The average Bonchev–Trinajstić information content (AvgIpc) is 2.65. The molecular weight excluding hydrogens is 210 g/mol. The van der Waals surface area contributed by atoms with Crippen molar-refractivity contribution >= 4 is 27.6 Å². The van der Waals surface area contributed by atoms with Gasteiger partial charge in [-0.05, 0) is 32.0 Å². The van der Waals surface area contributed by atoms with Crippen LogP contribution in [0.1, 0.15) is 13.8 Å². The molecule has 0 atom stereocenters. The summed E-state index contributed by atoms with van der Waals surface area (Å²) in [4.78, 5) is 0. The lowest BCUT2D eigenvalue weighted by Crippen LogP contribution is -2.09. The molecule has 17 heavy (non-hydrogen) atoms. The van der Waals surface area contributed by atoms with Gasteiger partial charge in [0.05, 0.1) is 0 Å². The first kappa shape index (κ1) is 10.2. The summed E-state index contributed by atoms with van der Waals surface area (Å²) >= 11 is 0. The quantitative estimate of drug-likeness (QED) is 0.699. The molecule has 0 bridgehead atoms. The van der Waals surface area contributed by atoms with Crippen molar-refractivity contribution < 1.29 is 4.42 Å². The zero-order valence-electron chi connectivity index (χ0n) is 10.0. The van der Waals surface area contributed by atoms with Crippen molar-refractivity contribution in [3.8, 4) is 0 Å². The van der Waals surface area contributed by atoms with Gasteiger partial charge in [0.25, 0.3) is 0 Å². The molecule has 0 saturated carbocycles. The van der Waals surface area contributed by atoms with Crippen LogP contribution in [0.25, 0.3) is 21.9 Å². The van der Waals surface area contributed by atoms with Crippen molar-refractivity contribution in [1.82, 2.24) is 0 Å². The number of hydrogen-bond acceptors (Lipinski definition) is 2. The van der Waals surface area contributed by atoms with Crippen molar-refractivity contribution in [1.29, 1.82) is 0 Å². The maximum atomic E-state index is 5.83. The molecule has 0 saturated heterocycles. The number of benzene rings is 2. The zero-order valence-corrected chi connectivity index (χ0v) is 10.0. The topological polar surface area (TPSA) is 25.2 Å². The molecule has 0 unspecified atom stereocenters. The first-order chi connectivity index (χ1) is 8.24. The maximum Gasteiger partial charge on any atom is 0.137 e. The Kier molecular flexibility index (Phi) is 2.29. The number of rotatable bonds is 2. The minimum absolute atomic E-state index is 0.428. The van der Waals surface area contributed by atoms with E-state index in [1.807, 2.05) is 18.2 Å². The summed E-state index contributed by atoms with van der Waals surface area (Å²) < 4.78 is 5.83. The SMILES string of the molecule is CC(C)Nc1ccc2c(c1)oc1ccccc12. The predicted octanol–water partition coefficient (Wildman–Crippen LogP) is 4.41. The van der Waals surface area contributed by atoms with Gasteiger partial charge < -0.3 is 9.73 Å². The van der Waals surface area contributed by atoms with Crippen molar-refractivity contribution in [2.75, 3.05) is 5.32 Å². The number of fused-ring (bicyclic) bond motifs is 3. The van der Waals surface area contributed by atoms with Crippen LogP contribution in [0.15, 0.2) is 46.9 Å². The van der Waals surface area contributed by atoms with Crippen LogP contribution < -0.4 is 5.32 Å². The summed E-state index contributed by atoms with van der Waals surface area (Å²) in [7, 11) is 0. The van der Waals surface area contributed by atoms with Crippen molar-refractivity contribution in [2.45, 2.75) is 19.9 Å². The molecule has 2 heteroatoms. The van der Waals surface area contributed by atoms with Crippen LogP contribution in [0.2, 0.25) is 0 Å². The van der Waals surface area contributed by atoms with Gasteiger partial charge in [-0.15, -0.1) is 0 Å². The Bertz CT molecular complexity index is 667. The van der Waals surface area contributed by atoms with E-state index in [2.05, 4.69) is 43.4 Å². The summed E-state index contributed by atoms with van der Waals surface area (Å²) in [5.74, 6) is 0. The fourth-order valence-electron chi connectivity index (χ4n) is 2.15. The Hall–Kier alpha value is -1.96. The van der Waals surface area contributed by atoms with Gasteiger partial charge in [0.15, 0.2) is 0 Å². The van der Waals surface area contributed by atoms with Gasteiger partial charge in [0, 0.05) is 28.6 Å². The van der Waals surface area contributed by atoms with E-state index < -0.39 is 0 Å². The molecule has 0 aliphatic rings. The Morgan fingerprint density at radius 2 is 1.71 bits per heavy atom. The molecule has 0 fully saturated rings. The predicted molar refractivity (Wildman–Crippen MR) is 72.5 cm³/mol. The van der Waals surface area contributed by atoms with E-state index in [1.165, 1.54) is 10.8 Å². The van der Waals surface area contributed by atoms with Gasteiger partial charge >= 0.3 is 0 Å². The molecule has 2 aromatic carbocycles. The monoisotopic (exact) mass is 225 g/mol. The second-order valence-corrected chi connectivity index (χ2v) is 4.61. The Labute approximate surface area is 100 Å². The highest BCUT2D eigenvalue weighted by Crippen LogP contribution is 2.30. The lowest BCUT2D eigenvalue weighted by molar-refractivity contribution is 0.669. The second kappa shape index (κ2) is 3.81. The summed E-state index contributed by atoms with van der Waals surface area (Å²) in [5.41, 5.74) is 2.99. The smallest absolute Gasteiger partial charge is 0.137 e. The summed E-state index contributed by atoms with van der Waals surface area (Å²) in [6.45, 7) is 4.26. The van der Waals surface area contributed by atoms with Gasteiger partial charge in [0.2, 0.25) is 0 Å². The molecule has 1 aromatic heterocycles. The Morgan fingerprint density at radius 3 is 2.53 bits per heavy atom. The first-order valence-electron chi connectivity index (χ1n) is 5.92. The number of para-hydroxylation sites is 1. The minimum Gasteiger partial charge on any atom is -0.456 e. The molecule has 1 heterocycles. The van der Waals surface area contributed by atoms with Crippen LogP contribution in [0.5, 0.6) is 0 Å². The fourth-order valence-corrected chi connectivity index (χ4v) is 2.15. The lowest BCUT2D eigenvalue weighted by Gasteiger charge is -2.08. The Morgan fingerprint density at radius 1 is 0.941 bits per heavy atom. The third kappa shape index (κ3) is 1.76. The highest BCUT2D eigenvalue weighted by atomic mass is 16.3. The van der Waals surface area contributed by atoms with E-state index in [0.29, 0.717) is 6.04 Å². The van der Waals surface area contributed by atoms with Gasteiger partial charge in [-0.2, -0.15) is 0 Å². The molecule has 3 rings (SSSR count). The first-order valence-corrected chi connectivity index (χ1v) is 5.92. The van der Waals surface area contributed by atoms with E-state index in [0.717, 1.165) is 16.9 Å². The number of anilines is 1. The van der Waals surface area contributed by atoms with E-state index >= 15 is 0 Å². The highest BCUT2D eigenvalue weighted by Gasteiger charge is 2.06. The number of furan rings is 1. The van der Waals surface area contributed by atoms with Crippen molar-refractivity contribution in [3.05, 3.63) is 42.5 Å². The maximum absolute atomic E-state index is 5.83. The Balaban J connectivity index is 2.20. The van der Waals surface area contributed by atoms with E-state index in [-0.39, 0.29) is 0 Å². The second-order valence-electron chi connectivity index (χ2n) is 4.61. The number of hydrogen-bond donors (Lipinski definition) is 1. The molecule has 86 valence electrons. The normalized spacial score (nSPS) is 11.5. The zero-order chi connectivity index (χ0) is 11.8. The van der Waals surface area contributed by atoms with Gasteiger partial charge in [-0.25, -0.2) is 0 Å². The third-order valence-electron chi connectivity index (χ3n) is 2.83. The molecule has 0 spiro atoms. The van der Waals surface area contributed by atoms with Crippen LogP contribution >= 0.6 is 0 Å². The molecule has 1 N–H and O–H groups in total. The highest BCUT2D eigenvalue weighted by molar-refractivity contribution is 6.05. The molecule has 0 aliphatic heterocycles. The molecule has 2 nitrogen and oxygen atoms in total. The summed E-state index contributed by atoms with van der Waals surface area (Å²) in [6, 6.07) is 14.8. The van der Waals surface area contributed by atoms with E-state index in [1.54, 1.807) is 0 Å². The van der Waals surface area contributed by atoms with Gasteiger partial charge in [0.1, 0.15) is 11.2 Å². The standard InChI is InChI=1S/C15H15NO/c1-10(2)16-11-7-8-13-12-5-3-4-6-14(12)17-15(13)9-11/h3-10,16H,1-2H3. The van der Waals surface area contributed by atoms with Crippen molar-refractivity contribution in [3.63, 3.8) is 0 Å². The van der Waals surface area contributed by atoms with E-state index in [4.69, 9.17) is 4.42 Å². The summed E-state index contributed by atoms with van der Waals surface area (Å²) in [6.07, 6.45) is 0. The van der Waals surface area contributed by atoms with Crippen LogP contribution in [0.4, 0.5) is 5.69 Å². The van der Waals surface area contributed by atoms with Crippen LogP contribution in [0, 0.1) is 0 Å². The summed E-state index contributed by atoms with van der Waals surface area (Å²) in [5, 5.41) is 5.74. The van der Waals surface area contributed by atoms with Gasteiger partial charge in [-0.1, -0.05) is 18.2 Å². The molecule has 0 amide bonds. The largest absolute Gasteiger partial charge is 0.456 e. The molecule has 3 aromatic rings. The average molecular weight is 225 g/mol. The van der Waals surface area contributed by atoms with Crippen LogP contribution in [0.3, 0.4) is 0 Å². The van der Waals surface area contributed by atoms with Crippen molar-refractivity contribution in [2.24, 2.45) is 0 Å². The lowest BCUT2D eigenvalue weighted by atomic mass is 10.1. The van der Waals surface area contributed by atoms with Crippen LogP contribution in [-0.4, -0.2) is 6.04 Å². The van der Waals surface area contributed by atoms with Gasteiger partial charge in [-0.3, -0.25) is 0 Å². The molecular formula is C15H15NO. The third-order valence-corrected chi connectivity index (χ3v) is 2.83. The van der Waals surface area contributed by atoms with Crippen LogP contribution in [-0.2, 0) is 0 Å². The molecule has 0 radical (unpaired) electrons. The molecule has 0 aliphatic carbocycles. The minimum atomic E-state index is 0.428. The number of nitrogens with one attached hydrogen (secondary N) is 1. The fraction of sp³-hybridized carbons (Fsp3) is 0.200. The van der Waals surface area contributed by atoms with E-state index in [9.17, 15) is 0 Å².